The van der Waals surface area contributed by atoms with Gasteiger partial charge in [-0.05, 0) is 42.9 Å². The average Bonchev–Trinajstić information content (AvgIpc) is 3.13. The van der Waals surface area contributed by atoms with E-state index in [1.807, 2.05) is 19.2 Å². The molecule has 24 heavy (non-hydrogen) atoms. The minimum atomic E-state index is -0.0674. The van der Waals surface area contributed by atoms with Gasteiger partial charge in [-0.2, -0.15) is 5.26 Å². The molecule has 5 nitrogen and oxygen atoms in total. The molecule has 6 heteroatoms. The fourth-order valence-corrected chi connectivity index (χ4v) is 4.55. The number of nitrogens with zero attached hydrogens (tertiary/aromatic N) is 1. The van der Waals surface area contributed by atoms with Crippen molar-refractivity contribution >= 4 is 22.2 Å². The smallest absolute Gasteiger partial charge is 0.280 e. The van der Waals surface area contributed by atoms with E-state index in [9.17, 15) is 10.1 Å². The minimum Gasteiger partial charge on any atom is -0.463 e. The molecule has 1 unspecified atom stereocenters. The summed E-state index contributed by atoms with van der Waals surface area (Å²) < 4.78 is 5.31. The van der Waals surface area contributed by atoms with Gasteiger partial charge in [-0.15, -0.1) is 11.3 Å². The molecule has 0 bridgehead atoms. The third-order valence-corrected chi connectivity index (χ3v) is 5.56. The zero-order valence-electron chi connectivity index (χ0n) is 14.0. The normalized spacial score (nSPS) is 17.8. The van der Waals surface area contributed by atoms with Gasteiger partial charge < -0.3 is 14.6 Å². The lowest BCUT2D eigenvalue weighted by Gasteiger charge is -2.17. The molecule has 3 rings (SSSR count). The third kappa shape index (κ3) is 3.69. The summed E-state index contributed by atoms with van der Waals surface area (Å²) in [5.41, 5.74) is 1.81. The molecule has 1 aliphatic carbocycles. The highest BCUT2D eigenvalue weighted by Gasteiger charge is 2.25. The molecule has 0 radical (unpaired) electrons. The van der Waals surface area contributed by atoms with E-state index in [0.29, 0.717) is 29.6 Å². The van der Waals surface area contributed by atoms with Crippen molar-refractivity contribution in [2.45, 2.75) is 32.7 Å². The highest BCUT2D eigenvalue weighted by Crippen LogP contribution is 2.39. The summed E-state index contributed by atoms with van der Waals surface area (Å²) in [7, 11) is 1.95. The molecule has 1 aliphatic rings. The molecule has 0 aliphatic heterocycles. The van der Waals surface area contributed by atoms with Crippen LogP contribution in [0.25, 0.3) is 0 Å². The maximum Gasteiger partial charge on any atom is 0.280 e. The van der Waals surface area contributed by atoms with Crippen molar-refractivity contribution in [2.24, 2.45) is 5.92 Å². The van der Waals surface area contributed by atoms with Crippen molar-refractivity contribution in [3.05, 3.63) is 40.2 Å². The summed E-state index contributed by atoms with van der Waals surface area (Å²) in [6.45, 7) is 3.23. The van der Waals surface area contributed by atoms with E-state index in [4.69, 9.17) is 4.42 Å². The molecule has 0 saturated heterocycles. The van der Waals surface area contributed by atoms with Crippen molar-refractivity contribution in [3.8, 4) is 6.07 Å². The van der Waals surface area contributed by atoms with E-state index in [-0.39, 0.29) is 5.91 Å². The number of nitrogens with one attached hydrogen (secondary N) is 2. The first-order valence-electron chi connectivity index (χ1n) is 8.25. The second kappa shape index (κ2) is 7.20. The van der Waals surface area contributed by atoms with Gasteiger partial charge in [0, 0.05) is 4.88 Å². The zero-order chi connectivity index (χ0) is 17.1. The summed E-state index contributed by atoms with van der Waals surface area (Å²) >= 11 is 1.57. The van der Waals surface area contributed by atoms with Crippen LogP contribution in [0.2, 0.25) is 0 Å². The van der Waals surface area contributed by atoms with Crippen LogP contribution in [0.15, 0.2) is 22.8 Å². The van der Waals surface area contributed by atoms with Crippen LogP contribution in [0.5, 0.6) is 0 Å². The predicted molar refractivity (Wildman–Crippen MR) is 93.0 cm³/mol. The van der Waals surface area contributed by atoms with Crippen molar-refractivity contribution in [3.63, 3.8) is 0 Å². The van der Waals surface area contributed by atoms with Gasteiger partial charge in [0.1, 0.15) is 17.6 Å². The van der Waals surface area contributed by atoms with Crippen LogP contribution < -0.4 is 10.2 Å². The number of thiophene rings is 1. The Morgan fingerprint density at radius 2 is 2.42 bits per heavy atom. The van der Waals surface area contributed by atoms with Gasteiger partial charge in [-0.1, -0.05) is 6.92 Å². The van der Waals surface area contributed by atoms with Gasteiger partial charge in [-0.3, -0.25) is 4.79 Å². The lowest BCUT2D eigenvalue weighted by molar-refractivity contribution is -0.886. The van der Waals surface area contributed by atoms with E-state index in [0.717, 1.165) is 35.5 Å². The lowest BCUT2D eigenvalue weighted by atomic mass is 9.89. The van der Waals surface area contributed by atoms with Crippen molar-refractivity contribution in [1.82, 2.24) is 0 Å². The molecular weight excluding hydrogens is 322 g/mol. The van der Waals surface area contributed by atoms with E-state index < -0.39 is 0 Å². The van der Waals surface area contributed by atoms with Gasteiger partial charge in [0.2, 0.25) is 0 Å². The van der Waals surface area contributed by atoms with Gasteiger partial charge in [-0.25, -0.2) is 0 Å². The number of nitriles is 1. The number of fused-ring (bicyclic) bond motifs is 1. The van der Waals surface area contributed by atoms with Crippen LogP contribution in [0, 0.1) is 17.2 Å². The van der Waals surface area contributed by atoms with Crippen LogP contribution >= 0.6 is 11.3 Å². The van der Waals surface area contributed by atoms with Gasteiger partial charge in [0.05, 0.1) is 18.9 Å². The quantitative estimate of drug-likeness (QED) is 0.871. The summed E-state index contributed by atoms with van der Waals surface area (Å²) in [6, 6.07) is 6.04. The number of carbonyl (C=O) groups excluding carboxylic acids is 1. The van der Waals surface area contributed by atoms with Crippen molar-refractivity contribution < 1.29 is 14.1 Å². The fraction of sp³-hybridized carbons (Fsp3) is 0.444. The first-order chi connectivity index (χ1) is 11.6. The number of amides is 1. The number of hydrogen-bond acceptors (Lipinski definition) is 4. The summed E-state index contributed by atoms with van der Waals surface area (Å²) in [5, 5.41) is 13.1. The largest absolute Gasteiger partial charge is 0.463 e. The van der Waals surface area contributed by atoms with Crippen molar-refractivity contribution in [1.29, 1.82) is 5.26 Å². The Kier molecular flexibility index (Phi) is 5.03. The molecular formula is C18H22N3O2S+. The number of quaternary nitrogens is 1. The lowest BCUT2D eigenvalue weighted by Crippen LogP contribution is -3.08. The first-order valence-corrected chi connectivity index (χ1v) is 9.06. The summed E-state index contributed by atoms with van der Waals surface area (Å²) in [4.78, 5) is 14.6. The monoisotopic (exact) mass is 344 g/mol. The standard InChI is InChI=1S/C18H21N3O2S/c1-12-5-6-14-15(9-19)18(24-16(14)8-12)20-17(22)11-21(2)10-13-4-3-7-23-13/h3-4,7,12H,5-6,8,10-11H2,1-2H3,(H,20,22)/p+1/t12-/m1/s1. The van der Waals surface area contributed by atoms with Crippen LogP contribution in [-0.4, -0.2) is 19.5 Å². The Bertz CT molecular complexity index is 758. The molecule has 2 aromatic heterocycles. The highest BCUT2D eigenvalue weighted by atomic mass is 32.1. The summed E-state index contributed by atoms with van der Waals surface area (Å²) in [6.07, 6.45) is 4.70. The first kappa shape index (κ1) is 16.7. The minimum absolute atomic E-state index is 0.0674. The molecule has 0 fully saturated rings. The number of carbonyl (C=O) groups is 1. The summed E-state index contributed by atoms with van der Waals surface area (Å²) in [5.74, 6) is 1.44. The van der Waals surface area contributed by atoms with E-state index in [1.165, 1.54) is 4.88 Å². The van der Waals surface area contributed by atoms with Crippen LogP contribution in [0.3, 0.4) is 0 Å². The molecule has 2 N–H and O–H groups in total. The number of likely N-dealkylation sites (N-methyl/N-ethyl adjacent to an activating group) is 1. The molecule has 0 aromatic carbocycles. The molecule has 0 saturated carbocycles. The van der Waals surface area contributed by atoms with E-state index >= 15 is 0 Å². The Morgan fingerprint density at radius 1 is 1.58 bits per heavy atom. The van der Waals surface area contributed by atoms with Gasteiger partial charge in [0.25, 0.3) is 5.91 Å². The SMILES string of the molecule is C[C@@H]1CCc2c(sc(NC(=O)C[NH+](C)Cc3ccco3)c2C#N)C1. The number of hydrogen-bond donors (Lipinski definition) is 2. The molecule has 0 spiro atoms. The van der Waals surface area contributed by atoms with E-state index in [2.05, 4.69) is 18.3 Å². The Balaban J connectivity index is 1.65. The number of anilines is 1. The topological polar surface area (TPSA) is 70.5 Å². The van der Waals surface area contributed by atoms with Crippen LogP contribution in [0.1, 0.15) is 35.1 Å². The van der Waals surface area contributed by atoms with Gasteiger partial charge in [0.15, 0.2) is 12.3 Å². The maximum atomic E-state index is 12.3. The number of furan rings is 1. The fourth-order valence-electron chi connectivity index (χ4n) is 3.18. The second-order valence-corrected chi connectivity index (χ2v) is 7.71. The molecule has 2 aromatic rings. The third-order valence-electron chi connectivity index (χ3n) is 4.39. The van der Waals surface area contributed by atoms with E-state index in [1.54, 1.807) is 17.6 Å². The maximum absolute atomic E-state index is 12.3. The Morgan fingerprint density at radius 3 is 3.12 bits per heavy atom. The van der Waals surface area contributed by atoms with Gasteiger partial charge >= 0.3 is 0 Å². The number of rotatable bonds is 5. The molecule has 126 valence electrons. The van der Waals surface area contributed by atoms with Crippen molar-refractivity contribution in [2.75, 3.05) is 18.9 Å². The Hall–Kier alpha value is -2.10. The highest BCUT2D eigenvalue weighted by molar-refractivity contribution is 7.16. The zero-order valence-corrected chi connectivity index (χ0v) is 14.8. The Labute approximate surface area is 145 Å². The molecule has 2 atom stereocenters. The predicted octanol–water partition coefficient (Wildman–Crippen LogP) is 1.99. The molecule has 2 heterocycles. The molecule has 1 amide bonds. The average molecular weight is 344 g/mol. The van der Waals surface area contributed by atoms with Crippen LogP contribution in [-0.2, 0) is 24.2 Å². The van der Waals surface area contributed by atoms with Crippen LogP contribution in [0.4, 0.5) is 5.00 Å². The second-order valence-electron chi connectivity index (χ2n) is 6.61.